The maximum absolute atomic E-state index is 11.0. The maximum atomic E-state index is 11.0. The van der Waals surface area contributed by atoms with E-state index in [4.69, 9.17) is 24.1 Å². The number of carboxylic acid groups (broad SMARTS) is 1. The van der Waals surface area contributed by atoms with Crippen molar-refractivity contribution < 1.29 is 28.8 Å². The molecule has 0 amide bonds. The number of carbonyl (C=O) groups is 1. The van der Waals surface area contributed by atoms with Crippen LogP contribution in [0.1, 0.15) is 12.0 Å². The molecule has 0 spiro atoms. The normalized spacial score (nSPS) is 20.9. The minimum absolute atomic E-state index is 0.0711. The van der Waals surface area contributed by atoms with E-state index < -0.39 is 5.97 Å². The Balaban J connectivity index is 1.78. The van der Waals surface area contributed by atoms with E-state index in [1.807, 2.05) is 12.1 Å². The van der Waals surface area contributed by atoms with Gasteiger partial charge in [0.1, 0.15) is 0 Å². The number of benzene rings is 1. The monoisotopic (exact) mass is 309 g/mol. The van der Waals surface area contributed by atoms with Crippen LogP contribution in [0.15, 0.2) is 12.1 Å². The number of methoxy groups -OCH3 is 1. The Hall–Kier alpha value is -1.99. The number of rotatable bonds is 5. The van der Waals surface area contributed by atoms with Gasteiger partial charge in [-0.3, -0.25) is 9.69 Å². The van der Waals surface area contributed by atoms with E-state index in [2.05, 4.69) is 4.90 Å². The average molecular weight is 309 g/mol. The van der Waals surface area contributed by atoms with Crippen molar-refractivity contribution in [3.05, 3.63) is 17.7 Å². The molecule has 0 aliphatic carbocycles. The molecule has 3 rings (SSSR count). The number of fused-ring (bicyclic) bond motifs is 1. The van der Waals surface area contributed by atoms with Crippen LogP contribution in [0.4, 0.5) is 0 Å². The van der Waals surface area contributed by atoms with E-state index in [0.29, 0.717) is 43.6 Å². The molecule has 1 fully saturated rings. The Morgan fingerprint density at radius 1 is 1.45 bits per heavy atom. The third-order valence-electron chi connectivity index (χ3n) is 3.86. The number of carboxylic acids is 1. The standard InChI is InChI=1S/C15H19NO6/c1-19-12-4-10(5-13-15(12)22-9-21-13)7-16-2-3-20-8-11(16)6-14(17)18/h4-5,11H,2-3,6-9H2,1H3,(H,17,18)/t11-/m1/s1. The number of nitrogens with zero attached hydrogens (tertiary/aromatic N) is 1. The molecule has 1 aromatic rings. The summed E-state index contributed by atoms with van der Waals surface area (Å²) < 4.78 is 21.5. The molecule has 2 heterocycles. The van der Waals surface area contributed by atoms with Gasteiger partial charge in [-0.1, -0.05) is 0 Å². The molecule has 0 radical (unpaired) electrons. The molecule has 1 saturated heterocycles. The van der Waals surface area contributed by atoms with E-state index in [9.17, 15) is 4.79 Å². The third-order valence-corrected chi connectivity index (χ3v) is 3.86. The molecule has 7 heteroatoms. The van der Waals surface area contributed by atoms with Crippen LogP contribution < -0.4 is 14.2 Å². The van der Waals surface area contributed by atoms with E-state index in [1.54, 1.807) is 7.11 Å². The van der Waals surface area contributed by atoms with Crippen molar-refractivity contribution in [3.63, 3.8) is 0 Å². The smallest absolute Gasteiger partial charge is 0.305 e. The van der Waals surface area contributed by atoms with Crippen molar-refractivity contribution in [1.82, 2.24) is 4.90 Å². The van der Waals surface area contributed by atoms with E-state index in [-0.39, 0.29) is 19.3 Å². The fourth-order valence-electron chi connectivity index (χ4n) is 2.80. The number of ether oxygens (including phenoxy) is 4. The van der Waals surface area contributed by atoms with Gasteiger partial charge in [-0.25, -0.2) is 0 Å². The van der Waals surface area contributed by atoms with Crippen molar-refractivity contribution in [2.75, 3.05) is 33.7 Å². The number of morpholine rings is 1. The summed E-state index contributed by atoms with van der Waals surface area (Å²) in [6.45, 7) is 2.56. The predicted octanol–water partition coefficient (Wildman–Crippen LogP) is 1.10. The third kappa shape index (κ3) is 3.10. The van der Waals surface area contributed by atoms with Gasteiger partial charge in [0.05, 0.1) is 26.7 Å². The summed E-state index contributed by atoms with van der Waals surface area (Å²) >= 11 is 0. The zero-order valence-electron chi connectivity index (χ0n) is 12.4. The van der Waals surface area contributed by atoms with Crippen LogP contribution in [0.2, 0.25) is 0 Å². The molecule has 0 bridgehead atoms. The summed E-state index contributed by atoms with van der Waals surface area (Å²) in [5.74, 6) is 1.10. The highest BCUT2D eigenvalue weighted by Gasteiger charge is 2.27. The zero-order valence-corrected chi connectivity index (χ0v) is 12.4. The first kappa shape index (κ1) is 14.9. The number of aliphatic carboxylic acids is 1. The summed E-state index contributed by atoms with van der Waals surface area (Å²) in [7, 11) is 1.59. The summed E-state index contributed by atoms with van der Waals surface area (Å²) in [6.07, 6.45) is 0.0711. The lowest BCUT2D eigenvalue weighted by Gasteiger charge is -2.34. The van der Waals surface area contributed by atoms with Gasteiger partial charge in [-0.2, -0.15) is 0 Å². The molecule has 0 saturated carbocycles. The molecule has 0 unspecified atom stereocenters. The second-order valence-corrected chi connectivity index (χ2v) is 5.33. The molecule has 2 aliphatic heterocycles. The van der Waals surface area contributed by atoms with Crippen LogP contribution in [0, 0.1) is 0 Å². The molecular weight excluding hydrogens is 290 g/mol. The van der Waals surface area contributed by atoms with Crippen molar-refractivity contribution in [2.45, 2.75) is 19.0 Å². The predicted molar refractivity (Wildman–Crippen MR) is 76.4 cm³/mol. The second kappa shape index (κ2) is 6.41. The minimum atomic E-state index is -0.816. The van der Waals surface area contributed by atoms with E-state index in [0.717, 1.165) is 5.56 Å². The van der Waals surface area contributed by atoms with Gasteiger partial charge in [-0.05, 0) is 17.7 Å². The van der Waals surface area contributed by atoms with E-state index >= 15 is 0 Å². The topological polar surface area (TPSA) is 77.5 Å². The van der Waals surface area contributed by atoms with Crippen LogP contribution in [0.5, 0.6) is 17.2 Å². The van der Waals surface area contributed by atoms with Crippen molar-refractivity contribution in [3.8, 4) is 17.2 Å². The van der Waals surface area contributed by atoms with Crippen LogP contribution >= 0.6 is 0 Å². The van der Waals surface area contributed by atoms with Crippen LogP contribution in [0.25, 0.3) is 0 Å². The van der Waals surface area contributed by atoms with Crippen LogP contribution in [-0.4, -0.2) is 55.7 Å². The molecule has 1 atom stereocenters. The minimum Gasteiger partial charge on any atom is -0.493 e. The Bertz CT molecular complexity index is 561. The van der Waals surface area contributed by atoms with Gasteiger partial charge in [-0.15, -0.1) is 0 Å². The molecule has 1 N–H and O–H groups in total. The Kier molecular flexibility index (Phi) is 4.35. The van der Waals surface area contributed by atoms with Gasteiger partial charge >= 0.3 is 5.97 Å². The van der Waals surface area contributed by atoms with Crippen LogP contribution in [-0.2, 0) is 16.1 Å². The lowest BCUT2D eigenvalue weighted by atomic mass is 10.1. The first-order valence-corrected chi connectivity index (χ1v) is 7.17. The first-order chi connectivity index (χ1) is 10.7. The fourth-order valence-corrected chi connectivity index (χ4v) is 2.80. The maximum Gasteiger partial charge on any atom is 0.305 e. The van der Waals surface area contributed by atoms with Gasteiger partial charge < -0.3 is 24.1 Å². The Morgan fingerprint density at radius 2 is 2.32 bits per heavy atom. The highest BCUT2D eigenvalue weighted by molar-refractivity contribution is 5.67. The van der Waals surface area contributed by atoms with Gasteiger partial charge in [0.25, 0.3) is 0 Å². The van der Waals surface area contributed by atoms with Crippen molar-refractivity contribution in [2.24, 2.45) is 0 Å². The SMILES string of the molecule is COc1cc(CN2CCOC[C@H]2CC(=O)O)cc2c1OCO2. The second-order valence-electron chi connectivity index (χ2n) is 5.33. The zero-order chi connectivity index (χ0) is 15.5. The lowest BCUT2D eigenvalue weighted by Crippen LogP contribution is -2.45. The summed E-state index contributed by atoms with van der Waals surface area (Å²) in [4.78, 5) is 13.1. The highest BCUT2D eigenvalue weighted by Crippen LogP contribution is 2.42. The van der Waals surface area contributed by atoms with Crippen LogP contribution in [0.3, 0.4) is 0 Å². The van der Waals surface area contributed by atoms with Gasteiger partial charge in [0, 0.05) is 19.1 Å². The van der Waals surface area contributed by atoms with Gasteiger partial charge in [0.2, 0.25) is 12.5 Å². The summed E-state index contributed by atoms with van der Waals surface area (Å²) in [5, 5.41) is 9.02. The number of hydrogen-bond acceptors (Lipinski definition) is 6. The quantitative estimate of drug-likeness (QED) is 0.872. The first-order valence-electron chi connectivity index (χ1n) is 7.17. The Morgan fingerprint density at radius 3 is 3.09 bits per heavy atom. The van der Waals surface area contributed by atoms with Crippen molar-refractivity contribution >= 4 is 5.97 Å². The number of hydrogen-bond donors (Lipinski definition) is 1. The summed E-state index contributed by atoms with van der Waals surface area (Å²) in [5.41, 5.74) is 0.999. The van der Waals surface area contributed by atoms with E-state index in [1.165, 1.54) is 0 Å². The lowest BCUT2D eigenvalue weighted by molar-refractivity contribution is -0.140. The molecule has 7 nitrogen and oxygen atoms in total. The molecular formula is C15H19NO6. The molecule has 0 aromatic heterocycles. The largest absolute Gasteiger partial charge is 0.493 e. The molecule has 2 aliphatic rings. The molecule has 120 valence electrons. The average Bonchev–Trinajstić information content (AvgIpc) is 2.96. The highest BCUT2D eigenvalue weighted by atomic mass is 16.7. The van der Waals surface area contributed by atoms with Crippen molar-refractivity contribution in [1.29, 1.82) is 0 Å². The molecule has 1 aromatic carbocycles. The molecule has 22 heavy (non-hydrogen) atoms. The summed E-state index contributed by atoms with van der Waals surface area (Å²) in [6, 6.07) is 3.70. The fraction of sp³-hybridized carbons (Fsp3) is 0.533. The van der Waals surface area contributed by atoms with Gasteiger partial charge in [0.15, 0.2) is 11.5 Å². The Labute approximate surface area is 128 Å².